The van der Waals surface area contributed by atoms with Gasteiger partial charge >= 0.3 is 6.18 Å². The second-order valence-corrected chi connectivity index (χ2v) is 15.9. The van der Waals surface area contributed by atoms with Gasteiger partial charge in [-0.2, -0.15) is 35.7 Å². The number of thiophene rings is 1. The largest absolute Gasteiger partial charge is 0.416 e. The highest BCUT2D eigenvalue weighted by Gasteiger charge is 2.33. The van der Waals surface area contributed by atoms with Gasteiger partial charge in [0.1, 0.15) is 0 Å². The lowest BCUT2D eigenvalue weighted by Crippen LogP contribution is -2.45. The van der Waals surface area contributed by atoms with E-state index < -0.39 is 27.9 Å². The molecule has 0 radical (unpaired) electrons. The van der Waals surface area contributed by atoms with Gasteiger partial charge < -0.3 is 0 Å². The van der Waals surface area contributed by atoms with Crippen molar-refractivity contribution in [3.8, 4) is 28.1 Å². The van der Waals surface area contributed by atoms with Gasteiger partial charge in [0.05, 0.1) is 31.7 Å². The van der Waals surface area contributed by atoms with Crippen molar-refractivity contribution in [3.05, 3.63) is 91.9 Å². The zero-order chi connectivity index (χ0) is 35.6. The van der Waals surface area contributed by atoms with Gasteiger partial charge in [-0.15, -0.1) is 11.3 Å². The van der Waals surface area contributed by atoms with E-state index in [1.54, 1.807) is 30.3 Å². The summed E-state index contributed by atoms with van der Waals surface area (Å²) < 4.78 is 71.5. The van der Waals surface area contributed by atoms with Crippen LogP contribution in [0, 0.1) is 17.8 Å². The minimum absolute atomic E-state index is 0.0138. The lowest BCUT2D eigenvalue weighted by atomic mass is 10.1. The first-order chi connectivity index (χ1) is 23.8. The van der Waals surface area contributed by atoms with E-state index in [-0.39, 0.29) is 23.2 Å². The fraction of sp³-hybridized carbons (Fsp3) is 0.353. The van der Waals surface area contributed by atoms with Crippen molar-refractivity contribution in [1.82, 2.24) is 29.2 Å². The summed E-state index contributed by atoms with van der Waals surface area (Å²) in [6.07, 6.45) is -0.800. The Morgan fingerprint density at radius 3 is 2.42 bits per heavy atom. The number of hydrazine groups is 1. The van der Waals surface area contributed by atoms with E-state index in [9.17, 15) is 26.4 Å². The number of carbonyl (C=O) groups excluding carboxylic acids is 1. The number of nitrogens with one attached hydrogen (secondary N) is 2. The fourth-order valence-electron chi connectivity index (χ4n) is 5.86. The normalized spacial score (nSPS) is 17.4. The van der Waals surface area contributed by atoms with Crippen LogP contribution in [-0.2, 0) is 22.9 Å². The number of hydrogen-bond acceptors (Lipinski definition) is 6. The maximum Gasteiger partial charge on any atom is 0.416 e. The van der Waals surface area contributed by atoms with E-state index in [4.69, 9.17) is 28.3 Å². The predicted molar refractivity (Wildman–Crippen MR) is 188 cm³/mol. The molecular formula is C34H33Cl2F3N6O3S2. The second-order valence-electron chi connectivity index (χ2n) is 12.2. The third-order valence-corrected chi connectivity index (χ3v) is 11.6. The minimum atomic E-state index is -4.45. The molecule has 0 spiro atoms. The van der Waals surface area contributed by atoms with Crippen molar-refractivity contribution in [2.75, 3.05) is 26.2 Å². The number of piperidine rings is 1. The zero-order valence-electron chi connectivity index (χ0n) is 26.9. The molecule has 9 nitrogen and oxygen atoms in total. The van der Waals surface area contributed by atoms with E-state index in [2.05, 4.69) is 22.0 Å². The molecule has 1 atom stereocenters. The van der Waals surface area contributed by atoms with Crippen molar-refractivity contribution in [1.29, 1.82) is 0 Å². The maximum atomic E-state index is 13.9. The van der Waals surface area contributed by atoms with Crippen LogP contribution in [0.4, 0.5) is 13.2 Å². The number of benzene rings is 2. The molecule has 50 heavy (non-hydrogen) atoms. The van der Waals surface area contributed by atoms with Gasteiger partial charge in [0.2, 0.25) is 0 Å². The van der Waals surface area contributed by atoms with Crippen LogP contribution in [0.15, 0.2) is 54.6 Å². The summed E-state index contributed by atoms with van der Waals surface area (Å²) in [6.45, 7) is 3.85. The lowest BCUT2D eigenvalue weighted by molar-refractivity contribution is -0.137. The third-order valence-electron chi connectivity index (χ3n) is 8.49. The van der Waals surface area contributed by atoms with Crippen molar-refractivity contribution in [3.63, 3.8) is 0 Å². The van der Waals surface area contributed by atoms with Crippen LogP contribution in [0.5, 0.6) is 0 Å². The Balaban J connectivity index is 1.43. The first-order valence-corrected chi connectivity index (χ1v) is 19.0. The van der Waals surface area contributed by atoms with Crippen LogP contribution in [0.1, 0.15) is 64.7 Å². The molecule has 1 amide bonds. The molecule has 2 N–H and O–H groups in total. The molecule has 0 bridgehead atoms. The SMILES string of the molecule is CC1CCN(S(=O)(=O)NCc2c(C(=O)NN3CCCCC3)nn(-c3ccc(Cl)cc3Cl)c2-c2ccc(C#Cc3ccc(C(F)(F)F)cc3)s2)C1. The Hall–Kier alpha value is -3.42. The topological polar surface area (TPSA) is 99.6 Å². The predicted octanol–water partition coefficient (Wildman–Crippen LogP) is 7.13. The fourth-order valence-corrected chi connectivity index (χ4v) is 8.57. The summed E-state index contributed by atoms with van der Waals surface area (Å²) in [5.41, 5.74) is 3.74. The van der Waals surface area contributed by atoms with Crippen LogP contribution in [0.25, 0.3) is 16.3 Å². The zero-order valence-corrected chi connectivity index (χ0v) is 30.0. The first-order valence-electron chi connectivity index (χ1n) is 16.0. The van der Waals surface area contributed by atoms with Crippen molar-refractivity contribution >= 4 is 50.7 Å². The van der Waals surface area contributed by atoms with Gasteiger partial charge in [0, 0.05) is 48.9 Å². The highest BCUT2D eigenvalue weighted by molar-refractivity contribution is 7.87. The Morgan fingerprint density at radius 1 is 1.02 bits per heavy atom. The Bertz CT molecular complexity index is 2050. The molecule has 2 aromatic heterocycles. The van der Waals surface area contributed by atoms with Crippen molar-refractivity contribution in [2.24, 2.45) is 5.92 Å². The van der Waals surface area contributed by atoms with E-state index in [0.717, 1.165) is 37.8 Å². The molecule has 16 heteroatoms. The standard InChI is InChI=1S/C34H33Cl2F3N6O3S2/c1-22-15-18-44(21-22)50(47,48)40-20-27-31(33(46)42-43-16-3-2-4-17-43)41-45(29-13-10-25(35)19-28(29)36)32(27)30-14-12-26(49-30)11-7-23-5-8-24(9-6-23)34(37,38)39/h5-6,8-10,12-14,19,22,40H,2-4,15-18,20-21H2,1H3,(H,42,46). The third kappa shape index (κ3) is 8.37. The van der Waals surface area contributed by atoms with E-state index in [1.165, 1.54) is 32.5 Å². The second kappa shape index (κ2) is 15.1. The molecule has 2 fully saturated rings. The van der Waals surface area contributed by atoms with Gasteiger partial charge in [0.25, 0.3) is 16.1 Å². The molecular weight excluding hydrogens is 732 g/mol. The molecule has 4 aromatic rings. The quantitative estimate of drug-likeness (QED) is 0.186. The number of amides is 1. The van der Waals surface area contributed by atoms with E-state index in [0.29, 0.717) is 63.5 Å². The number of hydrogen-bond donors (Lipinski definition) is 2. The van der Waals surface area contributed by atoms with E-state index in [1.807, 2.05) is 11.9 Å². The van der Waals surface area contributed by atoms with Crippen LogP contribution in [-0.4, -0.2) is 59.6 Å². The van der Waals surface area contributed by atoms with Crippen LogP contribution in [0.3, 0.4) is 0 Å². The summed E-state index contributed by atoms with van der Waals surface area (Å²) in [5, 5.41) is 7.21. The van der Waals surface area contributed by atoms with Crippen LogP contribution < -0.4 is 10.1 Å². The summed E-state index contributed by atoms with van der Waals surface area (Å²) in [4.78, 5) is 15.1. The Kier molecular flexibility index (Phi) is 10.9. The molecule has 2 aromatic carbocycles. The highest BCUT2D eigenvalue weighted by Crippen LogP contribution is 2.37. The molecule has 0 saturated carbocycles. The number of carbonyl (C=O) groups is 1. The summed E-state index contributed by atoms with van der Waals surface area (Å²) in [6, 6.07) is 12.9. The molecule has 6 rings (SSSR count). The molecule has 2 saturated heterocycles. The van der Waals surface area contributed by atoms with Crippen molar-refractivity contribution < 1.29 is 26.4 Å². The summed E-state index contributed by atoms with van der Waals surface area (Å²) in [7, 11) is -3.90. The smallest absolute Gasteiger partial charge is 0.283 e. The van der Waals surface area contributed by atoms with Gasteiger partial charge in [-0.05, 0) is 79.8 Å². The number of aromatic nitrogens is 2. The monoisotopic (exact) mass is 764 g/mol. The molecule has 2 aliphatic rings. The van der Waals surface area contributed by atoms with Gasteiger partial charge in [-0.1, -0.05) is 48.4 Å². The van der Waals surface area contributed by atoms with Gasteiger partial charge in [-0.25, -0.2) is 9.69 Å². The Labute approximate surface area is 302 Å². The van der Waals surface area contributed by atoms with Crippen molar-refractivity contribution in [2.45, 2.75) is 45.3 Å². The average Bonchev–Trinajstić information content (AvgIpc) is 3.82. The highest BCUT2D eigenvalue weighted by atomic mass is 35.5. The van der Waals surface area contributed by atoms with Crippen LogP contribution >= 0.6 is 34.5 Å². The van der Waals surface area contributed by atoms with Gasteiger partial charge in [-0.3, -0.25) is 10.2 Å². The molecule has 264 valence electrons. The maximum absolute atomic E-state index is 13.9. The number of nitrogens with zero attached hydrogens (tertiary/aromatic N) is 4. The molecule has 1 unspecified atom stereocenters. The average molecular weight is 766 g/mol. The minimum Gasteiger partial charge on any atom is -0.283 e. The Morgan fingerprint density at radius 2 is 1.76 bits per heavy atom. The first kappa shape index (κ1) is 36.4. The lowest BCUT2D eigenvalue weighted by Gasteiger charge is -2.26. The summed E-state index contributed by atoms with van der Waals surface area (Å²) in [5.74, 6) is 5.61. The van der Waals surface area contributed by atoms with Gasteiger partial charge in [0.15, 0.2) is 5.69 Å². The number of rotatable bonds is 8. The van der Waals surface area contributed by atoms with Crippen LogP contribution in [0.2, 0.25) is 10.0 Å². The number of halogens is 5. The number of alkyl halides is 3. The molecule has 2 aliphatic heterocycles. The van der Waals surface area contributed by atoms with E-state index >= 15 is 0 Å². The molecule has 4 heterocycles. The molecule has 0 aliphatic carbocycles. The summed E-state index contributed by atoms with van der Waals surface area (Å²) >= 11 is 14.1.